The van der Waals surface area contributed by atoms with Crippen LogP contribution in [-0.2, 0) is 12.1 Å². The SMILES string of the molecule is CC(C)(C)n1nnnc1[C@@H]1CC[C@@H](CO)N1Cc1ccc(F)cc1F. The van der Waals surface area contributed by atoms with Gasteiger partial charge in [-0.25, -0.2) is 13.5 Å². The molecule has 1 saturated heterocycles. The zero-order chi connectivity index (χ0) is 18.2. The minimum Gasteiger partial charge on any atom is -0.395 e. The number of likely N-dealkylation sites (tertiary alicyclic amines) is 1. The van der Waals surface area contributed by atoms with E-state index in [1.54, 1.807) is 4.68 Å². The molecule has 1 aromatic carbocycles. The maximum atomic E-state index is 14.1. The normalized spacial score (nSPS) is 21.8. The second kappa shape index (κ2) is 6.76. The first-order valence-electron chi connectivity index (χ1n) is 8.40. The number of hydrogen-bond acceptors (Lipinski definition) is 5. The Morgan fingerprint density at radius 3 is 2.64 bits per heavy atom. The molecular weight excluding hydrogens is 328 g/mol. The van der Waals surface area contributed by atoms with E-state index in [0.29, 0.717) is 11.4 Å². The molecule has 3 rings (SSSR count). The fourth-order valence-electron chi connectivity index (χ4n) is 3.38. The maximum Gasteiger partial charge on any atom is 0.168 e. The number of tetrazole rings is 1. The van der Waals surface area contributed by atoms with Gasteiger partial charge in [-0.3, -0.25) is 4.90 Å². The third-order valence-corrected chi connectivity index (χ3v) is 4.65. The summed E-state index contributed by atoms with van der Waals surface area (Å²) in [7, 11) is 0. The molecule has 2 atom stereocenters. The molecule has 8 heteroatoms. The van der Waals surface area contributed by atoms with E-state index in [-0.39, 0.29) is 30.8 Å². The van der Waals surface area contributed by atoms with Gasteiger partial charge < -0.3 is 5.11 Å². The predicted octanol–water partition coefficient (Wildman–Crippen LogP) is 2.40. The number of aromatic nitrogens is 4. The standard InChI is InChI=1S/C17H23F2N5O/c1-17(2,3)24-16(20-21-22-24)15-7-6-13(10-25)23(15)9-11-4-5-12(18)8-14(11)19/h4-5,8,13,15,25H,6-7,9-10H2,1-3H3/t13-,15-/m0/s1. The summed E-state index contributed by atoms with van der Waals surface area (Å²) in [6.45, 7) is 6.26. The molecular formula is C17H23F2N5O. The van der Waals surface area contributed by atoms with Crippen LogP contribution in [0.15, 0.2) is 18.2 Å². The highest BCUT2D eigenvalue weighted by Crippen LogP contribution is 2.37. The smallest absolute Gasteiger partial charge is 0.168 e. The summed E-state index contributed by atoms with van der Waals surface area (Å²) in [5, 5.41) is 21.8. The number of halogens is 2. The van der Waals surface area contributed by atoms with E-state index in [1.807, 2.05) is 25.7 Å². The van der Waals surface area contributed by atoms with Crippen LogP contribution >= 0.6 is 0 Å². The van der Waals surface area contributed by atoms with Gasteiger partial charge >= 0.3 is 0 Å². The summed E-state index contributed by atoms with van der Waals surface area (Å²) < 4.78 is 29.0. The first-order valence-corrected chi connectivity index (χ1v) is 8.40. The van der Waals surface area contributed by atoms with E-state index in [2.05, 4.69) is 15.5 Å². The lowest BCUT2D eigenvalue weighted by atomic mass is 10.1. The van der Waals surface area contributed by atoms with Crippen LogP contribution in [-0.4, -0.2) is 42.9 Å². The molecule has 0 radical (unpaired) electrons. The van der Waals surface area contributed by atoms with Crippen molar-refractivity contribution in [1.29, 1.82) is 0 Å². The quantitative estimate of drug-likeness (QED) is 0.916. The molecule has 0 unspecified atom stereocenters. The summed E-state index contributed by atoms with van der Waals surface area (Å²) in [5.74, 6) is -0.488. The van der Waals surface area contributed by atoms with E-state index >= 15 is 0 Å². The Balaban J connectivity index is 1.93. The monoisotopic (exact) mass is 351 g/mol. The molecule has 6 nitrogen and oxygen atoms in total. The lowest BCUT2D eigenvalue weighted by Gasteiger charge is -2.30. The highest BCUT2D eigenvalue weighted by molar-refractivity contribution is 5.19. The Bertz CT molecular complexity index is 743. The summed E-state index contributed by atoms with van der Waals surface area (Å²) in [6.07, 6.45) is 1.53. The van der Waals surface area contributed by atoms with E-state index in [4.69, 9.17) is 0 Å². The van der Waals surface area contributed by atoms with E-state index in [1.165, 1.54) is 12.1 Å². The molecule has 1 N–H and O–H groups in total. The van der Waals surface area contributed by atoms with Gasteiger partial charge in [-0.2, -0.15) is 0 Å². The summed E-state index contributed by atoms with van der Waals surface area (Å²) in [4.78, 5) is 2.00. The molecule has 0 bridgehead atoms. The van der Waals surface area contributed by atoms with Crippen LogP contribution in [0.2, 0.25) is 0 Å². The minimum absolute atomic E-state index is 0.0314. The highest BCUT2D eigenvalue weighted by atomic mass is 19.1. The van der Waals surface area contributed by atoms with E-state index in [0.717, 1.165) is 18.9 Å². The van der Waals surface area contributed by atoms with Crippen molar-refractivity contribution in [3.8, 4) is 0 Å². The zero-order valence-corrected chi connectivity index (χ0v) is 14.7. The van der Waals surface area contributed by atoms with Gasteiger partial charge in [0.15, 0.2) is 5.82 Å². The van der Waals surface area contributed by atoms with Crippen LogP contribution in [0.1, 0.15) is 51.0 Å². The molecule has 2 heterocycles. The molecule has 2 aromatic rings. The van der Waals surface area contributed by atoms with Crippen LogP contribution in [0.5, 0.6) is 0 Å². The van der Waals surface area contributed by atoms with Gasteiger partial charge in [-0.15, -0.1) is 5.10 Å². The minimum atomic E-state index is -0.602. The van der Waals surface area contributed by atoms with Crippen molar-refractivity contribution in [3.05, 3.63) is 41.2 Å². The molecule has 1 aromatic heterocycles. The average Bonchev–Trinajstić information content (AvgIpc) is 3.15. The van der Waals surface area contributed by atoms with Gasteiger partial charge in [0.05, 0.1) is 18.2 Å². The number of benzene rings is 1. The van der Waals surface area contributed by atoms with Crippen molar-refractivity contribution in [2.24, 2.45) is 0 Å². The number of aliphatic hydroxyl groups excluding tert-OH is 1. The third kappa shape index (κ3) is 3.55. The second-order valence-corrected chi connectivity index (χ2v) is 7.46. The molecule has 1 fully saturated rings. The molecule has 0 saturated carbocycles. The van der Waals surface area contributed by atoms with Crippen molar-refractivity contribution in [3.63, 3.8) is 0 Å². The van der Waals surface area contributed by atoms with Crippen LogP contribution in [0.4, 0.5) is 8.78 Å². The largest absolute Gasteiger partial charge is 0.395 e. The second-order valence-electron chi connectivity index (χ2n) is 7.46. The van der Waals surface area contributed by atoms with Crippen molar-refractivity contribution in [1.82, 2.24) is 25.1 Å². The topological polar surface area (TPSA) is 67.1 Å². The molecule has 1 aliphatic rings. The van der Waals surface area contributed by atoms with Gasteiger partial charge in [0.1, 0.15) is 11.6 Å². The van der Waals surface area contributed by atoms with Crippen LogP contribution in [0.3, 0.4) is 0 Å². The van der Waals surface area contributed by atoms with Crippen molar-refractivity contribution in [2.75, 3.05) is 6.61 Å². The molecule has 0 spiro atoms. The molecule has 0 aliphatic carbocycles. The van der Waals surface area contributed by atoms with Crippen LogP contribution in [0, 0.1) is 11.6 Å². The Hall–Kier alpha value is -1.93. The lowest BCUT2D eigenvalue weighted by molar-refractivity contribution is 0.113. The Kier molecular flexibility index (Phi) is 4.83. The fourth-order valence-corrected chi connectivity index (χ4v) is 3.38. The Morgan fingerprint density at radius 1 is 1.24 bits per heavy atom. The highest BCUT2D eigenvalue weighted by Gasteiger charge is 2.38. The van der Waals surface area contributed by atoms with Crippen LogP contribution in [0.25, 0.3) is 0 Å². The zero-order valence-electron chi connectivity index (χ0n) is 14.7. The van der Waals surface area contributed by atoms with Gasteiger partial charge in [0.25, 0.3) is 0 Å². The van der Waals surface area contributed by atoms with E-state index < -0.39 is 11.6 Å². The first-order chi connectivity index (χ1) is 11.8. The van der Waals surface area contributed by atoms with Gasteiger partial charge in [-0.05, 0) is 50.1 Å². The van der Waals surface area contributed by atoms with Crippen molar-refractivity contribution in [2.45, 2.75) is 57.8 Å². The molecule has 136 valence electrons. The summed E-state index contributed by atoms with van der Waals surface area (Å²) in [6, 6.07) is 3.33. The maximum absolute atomic E-state index is 14.1. The first kappa shape index (κ1) is 17.9. The summed E-state index contributed by atoms with van der Waals surface area (Å²) in [5.41, 5.74) is 0.102. The summed E-state index contributed by atoms with van der Waals surface area (Å²) >= 11 is 0. The van der Waals surface area contributed by atoms with Crippen LogP contribution < -0.4 is 0 Å². The predicted molar refractivity (Wildman–Crippen MR) is 87.6 cm³/mol. The van der Waals surface area contributed by atoms with Gasteiger partial charge in [-0.1, -0.05) is 6.07 Å². The van der Waals surface area contributed by atoms with Gasteiger partial charge in [0, 0.05) is 24.2 Å². The van der Waals surface area contributed by atoms with Crippen molar-refractivity contribution >= 4 is 0 Å². The lowest BCUT2D eigenvalue weighted by Crippen LogP contribution is -2.36. The Morgan fingerprint density at radius 2 is 2.00 bits per heavy atom. The fraction of sp³-hybridized carbons (Fsp3) is 0.588. The Labute approximate surface area is 145 Å². The molecule has 25 heavy (non-hydrogen) atoms. The number of hydrogen-bond donors (Lipinski definition) is 1. The van der Waals surface area contributed by atoms with E-state index in [9.17, 15) is 13.9 Å². The number of nitrogens with zero attached hydrogens (tertiary/aromatic N) is 5. The number of aliphatic hydroxyl groups is 1. The molecule has 0 amide bonds. The molecule has 1 aliphatic heterocycles. The average molecular weight is 351 g/mol. The number of rotatable bonds is 4. The third-order valence-electron chi connectivity index (χ3n) is 4.65. The van der Waals surface area contributed by atoms with Crippen molar-refractivity contribution < 1.29 is 13.9 Å². The van der Waals surface area contributed by atoms with Gasteiger partial charge in [0.2, 0.25) is 0 Å².